The third-order valence-corrected chi connectivity index (χ3v) is 2.47. The number of carbonyl (C=O) groups excluding carboxylic acids is 3. The van der Waals surface area contributed by atoms with Crippen molar-refractivity contribution >= 4 is 29.6 Å². The predicted octanol–water partition coefficient (Wildman–Crippen LogP) is 3.03. The summed E-state index contributed by atoms with van der Waals surface area (Å²) < 4.78 is 4.89. The SMILES string of the molecule is CCCCOCN=C=O.Cc1c(N=C=O)cccc1N=C=O. The summed E-state index contributed by atoms with van der Waals surface area (Å²) in [6.07, 6.45) is 6.38. The Morgan fingerprint density at radius 1 is 1.05 bits per heavy atom. The first kappa shape index (κ1) is 19.3. The molecule has 0 spiro atoms. The van der Waals surface area contributed by atoms with E-state index in [4.69, 9.17) is 4.74 Å². The van der Waals surface area contributed by atoms with E-state index in [0.29, 0.717) is 23.5 Å². The van der Waals surface area contributed by atoms with Crippen LogP contribution in [0, 0.1) is 6.92 Å². The monoisotopic (exact) mass is 303 g/mol. The molecule has 0 aromatic heterocycles. The summed E-state index contributed by atoms with van der Waals surface area (Å²) in [7, 11) is 0. The van der Waals surface area contributed by atoms with E-state index >= 15 is 0 Å². The summed E-state index contributed by atoms with van der Waals surface area (Å²) in [5, 5.41) is 0. The Morgan fingerprint density at radius 3 is 2.09 bits per heavy atom. The second-order valence-electron chi connectivity index (χ2n) is 3.97. The van der Waals surface area contributed by atoms with Crippen LogP contribution in [0.4, 0.5) is 11.4 Å². The van der Waals surface area contributed by atoms with Crippen LogP contribution in [-0.4, -0.2) is 31.6 Å². The van der Waals surface area contributed by atoms with Crippen molar-refractivity contribution in [2.45, 2.75) is 26.7 Å². The summed E-state index contributed by atoms with van der Waals surface area (Å²) in [5.41, 5.74) is 1.59. The predicted molar refractivity (Wildman–Crippen MR) is 80.6 cm³/mol. The quantitative estimate of drug-likeness (QED) is 0.439. The molecule has 0 aliphatic rings. The van der Waals surface area contributed by atoms with Gasteiger partial charge in [0.25, 0.3) is 0 Å². The van der Waals surface area contributed by atoms with E-state index in [1.807, 2.05) is 0 Å². The number of rotatable bonds is 7. The number of hydrogen-bond acceptors (Lipinski definition) is 7. The summed E-state index contributed by atoms with van der Waals surface area (Å²) in [6, 6.07) is 4.94. The van der Waals surface area contributed by atoms with Crippen LogP contribution in [0.1, 0.15) is 25.3 Å². The molecule has 0 heterocycles. The molecule has 0 unspecified atom stereocenters. The Morgan fingerprint density at radius 2 is 1.64 bits per heavy atom. The summed E-state index contributed by atoms with van der Waals surface area (Å²) in [5.74, 6) is 0. The lowest BCUT2D eigenvalue weighted by molar-refractivity contribution is 0.139. The van der Waals surface area contributed by atoms with Crippen LogP contribution in [-0.2, 0) is 19.1 Å². The first-order valence-corrected chi connectivity index (χ1v) is 6.58. The minimum absolute atomic E-state index is 0.156. The van der Waals surface area contributed by atoms with Crippen LogP contribution >= 0.6 is 0 Å². The zero-order chi connectivity index (χ0) is 16.6. The second kappa shape index (κ2) is 13.3. The Labute approximate surface area is 128 Å². The third-order valence-electron chi connectivity index (χ3n) is 2.47. The number of nitrogens with zero attached hydrogens (tertiary/aromatic N) is 3. The Balaban J connectivity index is 0.000000433. The normalized spacial score (nSPS) is 8.45. The van der Waals surface area contributed by atoms with E-state index in [-0.39, 0.29) is 6.73 Å². The molecule has 0 fully saturated rings. The fraction of sp³-hybridized carbons (Fsp3) is 0.400. The van der Waals surface area contributed by atoms with Gasteiger partial charge in [-0.1, -0.05) is 19.4 Å². The van der Waals surface area contributed by atoms with Crippen LogP contribution < -0.4 is 0 Å². The van der Waals surface area contributed by atoms with E-state index in [9.17, 15) is 14.4 Å². The molecule has 1 aromatic rings. The van der Waals surface area contributed by atoms with Gasteiger partial charge in [0.2, 0.25) is 18.2 Å². The number of ether oxygens (including phenoxy) is 1. The minimum atomic E-state index is 0.156. The van der Waals surface area contributed by atoms with Crippen LogP contribution in [0.3, 0.4) is 0 Å². The Hall–Kier alpha value is -2.68. The van der Waals surface area contributed by atoms with Crippen molar-refractivity contribution < 1.29 is 19.1 Å². The molecule has 0 saturated carbocycles. The topological polar surface area (TPSA) is 97.5 Å². The van der Waals surface area contributed by atoms with Crippen molar-refractivity contribution in [3.63, 3.8) is 0 Å². The molecule has 1 aromatic carbocycles. The number of isocyanates is 3. The van der Waals surface area contributed by atoms with E-state index in [0.717, 1.165) is 12.8 Å². The molecule has 0 aliphatic carbocycles. The van der Waals surface area contributed by atoms with Crippen LogP contribution in [0.5, 0.6) is 0 Å². The van der Waals surface area contributed by atoms with Crippen molar-refractivity contribution in [3.8, 4) is 0 Å². The van der Waals surface area contributed by atoms with Crippen molar-refractivity contribution in [2.75, 3.05) is 13.3 Å². The Kier molecular flexibility index (Phi) is 11.7. The van der Waals surface area contributed by atoms with Gasteiger partial charge in [0.1, 0.15) is 6.73 Å². The first-order chi connectivity index (χ1) is 10.7. The van der Waals surface area contributed by atoms with Gasteiger partial charge in [-0.3, -0.25) is 0 Å². The van der Waals surface area contributed by atoms with Crippen molar-refractivity contribution in [1.29, 1.82) is 0 Å². The van der Waals surface area contributed by atoms with Gasteiger partial charge in [0, 0.05) is 12.2 Å². The number of benzene rings is 1. The number of aliphatic imine (C=N–C) groups is 3. The zero-order valence-electron chi connectivity index (χ0n) is 12.5. The molecule has 0 amide bonds. The van der Waals surface area contributed by atoms with E-state index in [1.54, 1.807) is 25.1 Å². The maximum atomic E-state index is 10.00. The van der Waals surface area contributed by atoms with Gasteiger partial charge >= 0.3 is 0 Å². The fourth-order valence-corrected chi connectivity index (χ4v) is 1.34. The van der Waals surface area contributed by atoms with Gasteiger partial charge in [0.15, 0.2) is 0 Å². The molecule has 7 heteroatoms. The lowest BCUT2D eigenvalue weighted by Gasteiger charge is -1.99. The molecule has 0 N–H and O–H groups in total. The van der Waals surface area contributed by atoms with E-state index in [2.05, 4.69) is 21.9 Å². The van der Waals surface area contributed by atoms with Crippen molar-refractivity contribution in [1.82, 2.24) is 0 Å². The molecule has 1 rings (SSSR count). The lowest BCUT2D eigenvalue weighted by Crippen LogP contribution is -1.92. The maximum Gasteiger partial charge on any atom is 0.240 e. The van der Waals surface area contributed by atoms with E-state index in [1.165, 1.54) is 18.2 Å². The lowest BCUT2D eigenvalue weighted by atomic mass is 10.1. The standard InChI is InChI=1S/C9H6N2O2.C6H11NO2/c1-7-8(10-5-12)3-2-4-9(7)11-6-13;1-2-3-4-9-6-7-5-8/h2-4H,1H3;2-4,6H2,1H3. The van der Waals surface area contributed by atoms with Crippen molar-refractivity contribution in [2.24, 2.45) is 15.0 Å². The summed E-state index contributed by atoms with van der Waals surface area (Å²) in [6.45, 7) is 4.63. The first-order valence-electron chi connectivity index (χ1n) is 6.58. The fourth-order valence-electron chi connectivity index (χ4n) is 1.34. The molecular formula is C15H17N3O4. The molecule has 0 radical (unpaired) electrons. The highest BCUT2D eigenvalue weighted by molar-refractivity contribution is 5.64. The van der Waals surface area contributed by atoms with Gasteiger partial charge < -0.3 is 4.74 Å². The molecule has 116 valence electrons. The summed E-state index contributed by atoms with van der Waals surface area (Å²) >= 11 is 0. The molecule has 7 nitrogen and oxygen atoms in total. The number of hydrogen-bond donors (Lipinski definition) is 0. The molecule has 0 aliphatic heterocycles. The molecule has 22 heavy (non-hydrogen) atoms. The average Bonchev–Trinajstić information content (AvgIpc) is 2.52. The third kappa shape index (κ3) is 8.48. The van der Waals surface area contributed by atoms with Gasteiger partial charge in [-0.15, -0.1) is 0 Å². The van der Waals surface area contributed by atoms with Gasteiger partial charge in [0.05, 0.1) is 11.4 Å². The zero-order valence-corrected chi connectivity index (χ0v) is 12.5. The van der Waals surface area contributed by atoms with Gasteiger partial charge in [-0.2, -0.15) is 15.0 Å². The minimum Gasteiger partial charge on any atom is -0.358 e. The second-order valence-corrected chi connectivity index (χ2v) is 3.97. The maximum absolute atomic E-state index is 10.00. The van der Waals surface area contributed by atoms with Crippen LogP contribution in [0.15, 0.2) is 33.2 Å². The van der Waals surface area contributed by atoms with Crippen LogP contribution in [0.2, 0.25) is 0 Å². The van der Waals surface area contributed by atoms with E-state index < -0.39 is 0 Å². The van der Waals surface area contributed by atoms with Crippen LogP contribution in [0.25, 0.3) is 0 Å². The highest BCUT2D eigenvalue weighted by atomic mass is 16.5. The van der Waals surface area contributed by atoms with Gasteiger partial charge in [-0.25, -0.2) is 14.4 Å². The van der Waals surface area contributed by atoms with Gasteiger partial charge in [-0.05, 0) is 25.5 Å². The summed E-state index contributed by atoms with van der Waals surface area (Å²) in [4.78, 5) is 39.6. The molecule has 0 saturated heterocycles. The number of unbranched alkanes of at least 4 members (excludes halogenated alkanes) is 1. The Bertz CT molecular complexity index is 561. The average molecular weight is 303 g/mol. The highest BCUT2D eigenvalue weighted by Crippen LogP contribution is 2.26. The van der Waals surface area contributed by atoms with Crippen molar-refractivity contribution in [3.05, 3.63) is 23.8 Å². The highest BCUT2D eigenvalue weighted by Gasteiger charge is 2.00. The molecular weight excluding hydrogens is 286 g/mol. The smallest absolute Gasteiger partial charge is 0.240 e. The molecule has 0 atom stereocenters. The largest absolute Gasteiger partial charge is 0.358 e. The molecule has 0 bridgehead atoms.